The van der Waals surface area contributed by atoms with Crippen LogP contribution in [-0.4, -0.2) is 32.4 Å². The van der Waals surface area contributed by atoms with Crippen LogP contribution in [-0.2, 0) is 9.47 Å². The van der Waals surface area contributed by atoms with Gasteiger partial charge < -0.3 is 19.9 Å². The van der Waals surface area contributed by atoms with Crippen LogP contribution in [0.5, 0.6) is 5.75 Å². The molecule has 1 saturated heterocycles. The highest BCUT2D eigenvalue weighted by Crippen LogP contribution is 2.23. The van der Waals surface area contributed by atoms with Crippen molar-refractivity contribution < 1.29 is 19.0 Å². The average molecular weight is 265 g/mol. The van der Waals surface area contributed by atoms with Crippen LogP contribution in [0.15, 0.2) is 18.2 Å². The number of ether oxygens (including phenoxy) is 3. The van der Waals surface area contributed by atoms with E-state index in [0.29, 0.717) is 23.6 Å². The summed E-state index contributed by atoms with van der Waals surface area (Å²) < 4.78 is 15.9. The van der Waals surface area contributed by atoms with E-state index in [4.69, 9.17) is 19.9 Å². The van der Waals surface area contributed by atoms with E-state index in [1.165, 1.54) is 7.11 Å². The number of rotatable bonds is 5. The summed E-state index contributed by atoms with van der Waals surface area (Å²) in [6, 6.07) is 4.91. The third kappa shape index (κ3) is 3.61. The molecule has 0 bridgehead atoms. The standard InChI is InChI=1S/C14H19NO4/c1-17-14(16)12-5-4-10(15)9-13(12)19-8-6-11-3-2-7-18-11/h4-5,9,11H,2-3,6-8,15H2,1H3. The van der Waals surface area contributed by atoms with E-state index >= 15 is 0 Å². The number of esters is 1. The Bertz CT molecular complexity index is 441. The summed E-state index contributed by atoms with van der Waals surface area (Å²) in [5.74, 6) is 0.0389. The Labute approximate surface area is 112 Å². The summed E-state index contributed by atoms with van der Waals surface area (Å²) in [7, 11) is 1.34. The summed E-state index contributed by atoms with van der Waals surface area (Å²) in [4.78, 5) is 11.6. The van der Waals surface area contributed by atoms with Crippen molar-refractivity contribution in [3.63, 3.8) is 0 Å². The maximum Gasteiger partial charge on any atom is 0.341 e. The molecule has 104 valence electrons. The fourth-order valence-corrected chi connectivity index (χ4v) is 2.11. The Morgan fingerprint density at radius 2 is 2.37 bits per heavy atom. The van der Waals surface area contributed by atoms with Crippen molar-refractivity contribution in [3.8, 4) is 5.75 Å². The largest absolute Gasteiger partial charge is 0.493 e. The number of methoxy groups -OCH3 is 1. The lowest BCUT2D eigenvalue weighted by molar-refractivity contribution is 0.0594. The Balaban J connectivity index is 1.97. The van der Waals surface area contributed by atoms with Crippen molar-refractivity contribution in [1.29, 1.82) is 0 Å². The average Bonchev–Trinajstić information content (AvgIpc) is 2.91. The van der Waals surface area contributed by atoms with Crippen LogP contribution in [0, 0.1) is 0 Å². The van der Waals surface area contributed by atoms with Crippen LogP contribution in [0.25, 0.3) is 0 Å². The first-order chi connectivity index (χ1) is 9.20. The van der Waals surface area contributed by atoms with E-state index in [1.54, 1.807) is 18.2 Å². The van der Waals surface area contributed by atoms with Gasteiger partial charge in [0.25, 0.3) is 0 Å². The van der Waals surface area contributed by atoms with Gasteiger partial charge >= 0.3 is 5.97 Å². The molecule has 5 nitrogen and oxygen atoms in total. The van der Waals surface area contributed by atoms with E-state index in [9.17, 15) is 4.79 Å². The number of carbonyl (C=O) groups is 1. The molecule has 0 amide bonds. The number of benzene rings is 1. The molecule has 1 heterocycles. The third-order valence-electron chi connectivity index (χ3n) is 3.13. The maximum atomic E-state index is 11.6. The number of anilines is 1. The molecule has 1 aliphatic heterocycles. The molecular formula is C14H19NO4. The first kappa shape index (κ1) is 13.7. The number of nitrogens with two attached hydrogens (primary N) is 1. The monoisotopic (exact) mass is 265 g/mol. The second-order valence-electron chi connectivity index (χ2n) is 4.52. The van der Waals surface area contributed by atoms with Crippen LogP contribution in [0.1, 0.15) is 29.6 Å². The lowest BCUT2D eigenvalue weighted by atomic mass is 10.1. The molecule has 1 unspecified atom stereocenters. The highest BCUT2D eigenvalue weighted by molar-refractivity contribution is 5.93. The van der Waals surface area contributed by atoms with Gasteiger partial charge in [0.05, 0.1) is 19.8 Å². The van der Waals surface area contributed by atoms with Gasteiger partial charge in [-0.25, -0.2) is 4.79 Å². The lowest BCUT2D eigenvalue weighted by Crippen LogP contribution is -2.12. The predicted molar refractivity (Wildman–Crippen MR) is 71.3 cm³/mol. The summed E-state index contributed by atoms with van der Waals surface area (Å²) in [6.07, 6.45) is 3.26. The van der Waals surface area contributed by atoms with Gasteiger partial charge in [-0.15, -0.1) is 0 Å². The molecule has 0 aliphatic carbocycles. The molecule has 1 aromatic rings. The SMILES string of the molecule is COC(=O)c1ccc(N)cc1OCCC1CCCO1. The zero-order valence-corrected chi connectivity index (χ0v) is 11.1. The maximum absolute atomic E-state index is 11.6. The van der Waals surface area contributed by atoms with Crippen LogP contribution in [0.3, 0.4) is 0 Å². The smallest absolute Gasteiger partial charge is 0.341 e. The molecule has 2 rings (SSSR count). The number of carbonyl (C=O) groups excluding carboxylic acids is 1. The molecule has 0 saturated carbocycles. The van der Waals surface area contributed by atoms with Gasteiger partial charge in [-0.2, -0.15) is 0 Å². The van der Waals surface area contributed by atoms with Crippen LogP contribution in [0.4, 0.5) is 5.69 Å². The fraction of sp³-hybridized carbons (Fsp3) is 0.500. The van der Waals surface area contributed by atoms with Gasteiger partial charge in [0, 0.05) is 24.8 Å². The Hall–Kier alpha value is -1.75. The van der Waals surface area contributed by atoms with Crippen LogP contribution in [0.2, 0.25) is 0 Å². The number of hydrogen-bond acceptors (Lipinski definition) is 5. The Morgan fingerprint density at radius 3 is 3.05 bits per heavy atom. The van der Waals surface area contributed by atoms with Gasteiger partial charge in [-0.05, 0) is 25.0 Å². The third-order valence-corrected chi connectivity index (χ3v) is 3.13. The molecule has 1 aromatic carbocycles. The van der Waals surface area contributed by atoms with Crippen molar-refractivity contribution in [3.05, 3.63) is 23.8 Å². The molecule has 1 aliphatic rings. The van der Waals surface area contributed by atoms with E-state index in [2.05, 4.69) is 0 Å². The molecular weight excluding hydrogens is 246 g/mol. The minimum Gasteiger partial charge on any atom is -0.493 e. The highest BCUT2D eigenvalue weighted by atomic mass is 16.5. The van der Waals surface area contributed by atoms with Crippen LogP contribution >= 0.6 is 0 Å². The van der Waals surface area contributed by atoms with Gasteiger partial charge in [0.2, 0.25) is 0 Å². The minimum atomic E-state index is -0.424. The number of hydrogen-bond donors (Lipinski definition) is 1. The number of nitrogen functional groups attached to an aromatic ring is 1. The zero-order valence-electron chi connectivity index (χ0n) is 11.1. The van der Waals surface area contributed by atoms with Gasteiger partial charge in [0.1, 0.15) is 11.3 Å². The Morgan fingerprint density at radius 1 is 1.53 bits per heavy atom. The van der Waals surface area contributed by atoms with Crippen molar-refractivity contribution in [2.45, 2.75) is 25.4 Å². The van der Waals surface area contributed by atoms with Gasteiger partial charge in [0.15, 0.2) is 0 Å². The van der Waals surface area contributed by atoms with Crippen LogP contribution < -0.4 is 10.5 Å². The summed E-state index contributed by atoms with van der Waals surface area (Å²) in [6.45, 7) is 1.33. The first-order valence-corrected chi connectivity index (χ1v) is 6.43. The Kier molecular flexibility index (Phi) is 4.63. The molecule has 5 heteroatoms. The quantitative estimate of drug-likeness (QED) is 0.651. The summed E-state index contributed by atoms with van der Waals surface area (Å²) in [5, 5.41) is 0. The molecule has 19 heavy (non-hydrogen) atoms. The van der Waals surface area contributed by atoms with Gasteiger partial charge in [-0.3, -0.25) is 0 Å². The van der Waals surface area contributed by atoms with E-state index in [0.717, 1.165) is 25.9 Å². The molecule has 0 spiro atoms. The topological polar surface area (TPSA) is 70.8 Å². The zero-order chi connectivity index (χ0) is 13.7. The second-order valence-corrected chi connectivity index (χ2v) is 4.52. The first-order valence-electron chi connectivity index (χ1n) is 6.43. The highest BCUT2D eigenvalue weighted by Gasteiger charge is 2.17. The predicted octanol–water partition coefficient (Wildman–Crippen LogP) is 2.00. The normalized spacial score (nSPS) is 18.3. The van der Waals surface area contributed by atoms with E-state index < -0.39 is 5.97 Å². The van der Waals surface area contributed by atoms with Crippen molar-refractivity contribution >= 4 is 11.7 Å². The van der Waals surface area contributed by atoms with Crippen molar-refractivity contribution in [1.82, 2.24) is 0 Å². The molecule has 1 fully saturated rings. The van der Waals surface area contributed by atoms with Crippen molar-refractivity contribution in [2.75, 3.05) is 26.1 Å². The molecule has 0 aromatic heterocycles. The molecule has 2 N–H and O–H groups in total. The van der Waals surface area contributed by atoms with E-state index in [-0.39, 0.29) is 6.10 Å². The summed E-state index contributed by atoms with van der Waals surface area (Å²) in [5.41, 5.74) is 6.65. The molecule has 0 radical (unpaired) electrons. The van der Waals surface area contributed by atoms with Gasteiger partial charge in [-0.1, -0.05) is 0 Å². The molecule has 1 atom stereocenters. The summed E-state index contributed by atoms with van der Waals surface area (Å²) >= 11 is 0. The van der Waals surface area contributed by atoms with Crippen molar-refractivity contribution in [2.24, 2.45) is 0 Å². The lowest BCUT2D eigenvalue weighted by Gasteiger charge is -2.13. The minimum absolute atomic E-state index is 0.266. The second kappa shape index (κ2) is 6.43. The van der Waals surface area contributed by atoms with E-state index in [1.807, 2.05) is 0 Å². The fourth-order valence-electron chi connectivity index (χ4n) is 2.11.